The lowest BCUT2D eigenvalue weighted by atomic mass is 10.1. The van der Waals surface area contributed by atoms with Gasteiger partial charge in [-0.2, -0.15) is 5.26 Å². The van der Waals surface area contributed by atoms with Gasteiger partial charge in [0.15, 0.2) is 0 Å². The van der Waals surface area contributed by atoms with E-state index in [9.17, 15) is 4.39 Å². The Balaban J connectivity index is 2.32. The number of anilines is 1. The molecule has 2 aromatic heterocycles. The molecule has 92 valence electrons. The second kappa shape index (κ2) is 4.10. The van der Waals surface area contributed by atoms with Crippen molar-refractivity contribution in [1.29, 1.82) is 5.26 Å². The van der Waals surface area contributed by atoms with Gasteiger partial charge in [0.25, 0.3) is 0 Å². The number of nitrogens with zero attached hydrogens (tertiary/aromatic N) is 3. The Bertz CT molecular complexity index is 814. The van der Waals surface area contributed by atoms with Crippen LogP contribution in [0.4, 0.5) is 10.2 Å². The van der Waals surface area contributed by atoms with E-state index in [2.05, 4.69) is 11.1 Å². The first kappa shape index (κ1) is 11.2. The van der Waals surface area contributed by atoms with Crippen molar-refractivity contribution in [1.82, 2.24) is 9.38 Å². The van der Waals surface area contributed by atoms with Crippen molar-refractivity contribution in [3.8, 4) is 17.3 Å². The lowest BCUT2D eigenvalue weighted by molar-refractivity contribution is 0.619. The molecule has 0 saturated carbocycles. The molecule has 1 aromatic carbocycles. The van der Waals surface area contributed by atoms with Gasteiger partial charge in [0.2, 0.25) is 0 Å². The average molecular weight is 252 g/mol. The summed E-state index contributed by atoms with van der Waals surface area (Å²) in [5.41, 5.74) is 8.15. The highest BCUT2D eigenvalue weighted by atomic mass is 19.1. The molecule has 0 aliphatic rings. The Morgan fingerprint density at radius 3 is 2.79 bits per heavy atom. The largest absolute Gasteiger partial charge is 0.383 e. The van der Waals surface area contributed by atoms with E-state index < -0.39 is 5.82 Å². The predicted octanol–water partition coefficient (Wildman–Crippen LogP) is 2.59. The van der Waals surface area contributed by atoms with Gasteiger partial charge in [0.1, 0.15) is 23.0 Å². The molecule has 2 heterocycles. The van der Waals surface area contributed by atoms with E-state index in [1.165, 1.54) is 16.7 Å². The van der Waals surface area contributed by atoms with Crippen molar-refractivity contribution >= 4 is 11.5 Å². The number of rotatable bonds is 1. The van der Waals surface area contributed by atoms with Crippen LogP contribution >= 0.6 is 0 Å². The van der Waals surface area contributed by atoms with Crippen LogP contribution < -0.4 is 5.73 Å². The second-order valence-corrected chi connectivity index (χ2v) is 4.08. The third-order valence-corrected chi connectivity index (χ3v) is 2.92. The van der Waals surface area contributed by atoms with E-state index in [0.717, 1.165) is 0 Å². The van der Waals surface area contributed by atoms with Gasteiger partial charge in [-0.05, 0) is 18.2 Å². The molecule has 0 saturated heterocycles. The van der Waals surface area contributed by atoms with Gasteiger partial charge >= 0.3 is 0 Å². The standard InChI is InChI=1S/C14H9FN4/c15-10-5-6-12-18-13(14(17)19(12)8-10)11-4-2-1-3-9(11)7-16/h1-6,8H,17H2. The summed E-state index contributed by atoms with van der Waals surface area (Å²) in [5, 5.41) is 9.10. The van der Waals surface area contributed by atoms with Gasteiger partial charge in [-0.25, -0.2) is 9.37 Å². The number of benzene rings is 1. The third-order valence-electron chi connectivity index (χ3n) is 2.92. The quantitative estimate of drug-likeness (QED) is 0.723. The van der Waals surface area contributed by atoms with Crippen LogP contribution in [0.25, 0.3) is 16.9 Å². The minimum Gasteiger partial charge on any atom is -0.383 e. The van der Waals surface area contributed by atoms with Gasteiger partial charge in [-0.15, -0.1) is 0 Å². The topological polar surface area (TPSA) is 67.1 Å². The molecule has 0 fully saturated rings. The molecule has 0 spiro atoms. The summed E-state index contributed by atoms with van der Waals surface area (Å²) >= 11 is 0. The summed E-state index contributed by atoms with van der Waals surface area (Å²) in [6.07, 6.45) is 1.27. The van der Waals surface area contributed by atoms with Crippen molar-refractivity contribution in [2.24, 2.45) is 0 Å². The number of hydrogen-bond donors (Lipinski definition) is 1. The molecule has 0 amide bonds. The molecule has 5 heteroatoms. The summed E-state index contributed by atoms with van der Waals surface area (Å²) in [4.78, 5) is 4.35. The molecule has 0 bridgehead atoms. The molecule has 4 nitrogen and oxygen atoms in total. The lowest BCUT2D eigenvalue weighted by Crippen LogP contribution is -1.95. The molecule has 3 rings (SSSR count). The number of pyridine rings is 1. The van der Waals surface area contributed by atoms with Crippen LogP contribution in [0, 0.1) is 17.1 Å². The molecular weight excluding hydrogens is 243 g/mol. The van der Waals surface area contributed by atoms with E-state index in [4.69, 9.17) is 11.0 Å². The molecule has 3 aromatic rings. The molecule has 0 radical (unpaired) electrons. The number of aromatic nitrogens is 2. The molecule has 2 N–H and O–H groups in total. The van der Waals surface area contributed by atoms with Crippen molar-refractivity contribution in [3.63, 3.8) is 0 Å². The highest BCUT2D eigenvalue weighted by molar-refractivity contribution is 5.78. The van der Waals surface area contributed by atoms with E-state index in [1.807, 2.05) is 0 Å². The van der Waals surface area contributed by atoms with E-state index >= 15 is 0 Å². The van der Waals surface area contributed by atoms with Crippen LogP contribution in [-0.4, -0.2) is 9.38 Å². The molecule has 0 aliphatic carbocycles. The zero-order chi connectivity index (χ0) is 13.4. The maximum absolute atomic E-state index is 13.2. The molecule has 0 atom stereocenters. The van der Waals surface area contributed by atoms with Crippen LogP contribution in [0.2, 0.25) is 0 Å². The van der Waals surface area contributed by atoms with Gasteiger partial charge in [0, 0.05) is 11.8 Å². The fraction of sp³-hybridized carbons (Fsp3) is 0. The van der Waals surface area contributed by atoms with Crippen molar-refractivity contribution in [2.45, 2.75) is 0 Å². The van der Waals surface area contributed by atoms with Gasteiger partial charge in [-0.1, -0.05) is 18.2 Å². The minimum atomic E-state index is -0.392. The fourth-order valence-electron chi connectivity index (χ4n) is 2.02. The van der Waals surface area contributed by atoms with Crippen LogP contribution in [-0.2, 0) is 0 Å². The normalized spacial score (nSPS) is 10.5. The monoisotopic (exact) mass is 252 g/mol. The Kier molecular flexibility index (Phi) is 2.43. The van der Waals surface area contributed by atoms with Crippen molar-refractivity contribution < 1.29 is 4.39 Å². The molecular formula is C14H9FN4. The van der Waals surface area contributed by atoms with E-state index in [1.54, 1.807) is 30.3 Å². The highest BCUT2D eigenvalue weighted by Gasteiger charge is 2.14. The van der Waals surface area contributed by atoms with Crippen LogP contribution in [0.15, 0.2) is 42.6 Å². The number of nitrogens with two attached hydrogens (primary N) is 1. The van der Waals surface area contributed by atoms with Crippen molar-refractivity contribution in [2.75, 3.05) is 5.73 Å². The maximum atomic E-state index is 13.2. The number of hydrogen-bond acceptors (Lipinski definition) is 3. The first-order valence-electron chi connectivity index (χ1n) is 5.63. The Morgan fingerprint density at radius 2 is 2.00 bits per heavy atom. The van der Waals surface area contributed by atoms with E-state index in [-0.39, 0.29) is 0 Å². The molecule has 0 aliphatic heterocycles. The summed E-state index contributed by atoms with van der Waals surface area (Å²) in [5.74, 6) is -0.0751. The van der Waals surface area contributed by atoms with Crippen LogP contribution in [0.5, 0.6) is 0 Å². The number of fused-ring (bicyclic) bond motifs is 1. The van der Waals surface area contributed by atoms with Gasteiger partial charge in [0.05, 0.1) is 11.6 Å². The van der Waals surface area contributed by atoms with E-state index in [0.29, 0.717) is 28.3 Å². The lowest BCUT2D eigenvalue weighted by Gasteiger charge is -2.01. The number of halogens is 1. The first-order chi connectivity index (χ1) is 9.20. The zero-order valence-electron chi connectivity index (χ0n) is 9.84. The van der Waals surface area contributed by atoms with Crippen LogP contribution in [0.1, 0.15) is 5.56 Å². The SMILES string of the molecule is N#Cc1ccccc1-c1nc2ccc(F)cn2c1N. The maximum Gasteiger partial charge on any atom is 0.140 e. The second-order valence-electron chi connectivity index (χ2n) is 4.08. The molecule has 0 unspecified atom stereocenters. The fourth-order valence-corrected chi connectivity index (χ4v) is 2.02. The zero-order valence-corrected chi connectivity index (χ0v) is 9.84. The number of nitrogen functional groups attached to an aromatic ring is 1. The number of imidazole rings is 1. The summed E-state index contributed by atoms with van der Waals surface area (Å²) in [7, 11) is 0. The first-order valence-corrected chi connectivity index (χ1v) is 5.63. The summed E-state index contributed by atoms with van der Waals surface area (Å²) in [6, 6.07) is 12.0. The highest BCUT2D eigenvalue weighted by Crippen LogP contribution is 2.28. The number of nitriles is 1. The predicted molar refractivity (Wildman–Crippen MR) is 69.7 cm³/mol. The van der Waals surface area contributed by atoms with Gasteiger partial charge in [-0.3, -0.25) is 4.40 Å². The summed E-state index contributed by atoms with van der Waals surface area (Å²) in [6.45, 7) is 0. The third kappa shape index (κ3) is 1.70. The Labute approximate surface area is 108 Å². The van der Waals surface area contributed by atoms with Gasteiger partial charge < -0.3 is 5.73 Å². The Hall–Kier alpha value is -2.87. The Morgan fingerprint density at radius 1 is 1.21 bits per heavy atom. The smallest absolute Gasteiger partial charge is 0.140 e. The summed E-state index contributed by atoms with van der Waals surface area (Å²) < 4.78 is 14.7. The minimum absolute atomic E-state index is 0.317. The molecule has 19 heavy (non-hydrogen) atoms. The van der Waals surface area contributed by atoms with Crippen molar-refractivity contribution in [3.05, 3.63) is 54.0 Å². The average Bonchev–Trinajstić information content (AvgIpc) is 2.76. The van der Waals surface area contributed by atoms with Crippen LogP contribution in [0.3, 0.4) is 0 Å².